The number of rotatable bonds is 3. The lowest BCUT2D eigenvalue weighted by Gasteiger charge is -2.27. The molecule has 0 spiro atoms. The standard InChI is InChI=1S/C15H18N2O2S/c1-2-3-5-17-13(11-12-4-10-20-15(12)17)14(18)16-6-8-19-9-7-16/h2-4,10-11H,5-9H2,1H3/b3-2-. The number of morpholine rings is 1. The summed E-state index contributed by atoms with van der Waals surface area (Å²) in [7, 11) is 0. The van der Waals surface area contributed by atoms with Crippen LogP contribution < -0.4 is 0 Å². The lowest BCUT2D eigenvalue weighted by Crippen LogP contribution is -2.41. The average Bonchev–Trinajstić information content (AvgIpc) is 3.06. The van der Waals surface area contributed by atoms with Gasteiger partial charge in [-0.2, -0.15) is 0 Å². The highest BCUT2D eigenvalue weighted by molar-refractivity contribution is 7.16. The number of carbonyl (C=O) groups excluding carboxylic acids is 1. The van der Waals surface area contributed by atoms with Crippen molar-refractivity contribution in [3.05, 3.63) is 35.4 Å². The number of hydrogen-bond acceptors (Lipinski definition) is 3. The molecule has 3 heterocycles. The number of thiophene rings is 1. The van der Waals surface area contributed by atoms with Gasteiger partial charge in [-0.25, -0.2) is 0 Å². The lowest BCUT2D eigenvalue weighted by molar-refractivity contribution is 0.0296. The quantitative estimate of drug-likeness (QED) is 0.815. The topological polar surface area (TPSA) is 34.5 Å². The molecule has 4 nitrogen and oxygen atoms in total. The van der Waals surface area contributed by atoms with Crippen molar-refractivity contribution in [1.82, 2.24) is 9.47 Å². The highest BCUT2D eigenvalue weighted by Crippen LogP contribution is 2.26. The molecule has 1 saturated heterocycles. The van der Waals surface area contributed by atoms with Gasteiger partial charge in [0.15, 0.2) is 0 Å². The van der Waals surface area contributed by atoms with Crippen LogP contribution in [0, 0.1) is 0 Å². The maximum atomic E-state index is 12.7. The predicted octanol–water partition coefficient (Wildman–Crippen LogP) is 2.75. The molecule has 0 N–H and O–H groups in total. The first-order valence-electron chi connectivity index (χ1n) is 6.86. The summed E-state index contributed by atoms with van der Waals surface area (Å²) in [5.41, 5.74) is 0.784. The molecule has 106 valence electrons. The molecular weight excluding hydrogens is 272 g/mol. The van der Waals surface area contributed by atoms with Crippen LogP contribution in [0.25, 0.3) is 10.2 Å². The third-order valence-corrected chi connectivity index (χ3v) is 4.50. The number of amides is 1. The molecule has 0 saturated carbocycles. The van der Waals surface area contributed by atoms with Crippen LogP contribution in [0.1, 0.15) is 17.4 Å². The van der Waals surface area contributed by atoms with E-state index in [-0.39, 0.29) is 5.91 Å². The second kappa shape index (κ2) is 5.81. The van der Waals surface area contributed by atoms with Gasteiger partial charge in [-0.15, -0.1) is 11.3 Å². The third kappa shape index (κ3) is 2.39. The highest BCUT2D eigenvalue weighted by atomic mass is 32.1. The number of hydrogen-bond donors (Lipinski definition) is 0. The molecule has 0 unspecified atom stereocenters. The van der Waals surface area contributed by atoms with Crippen molar-refractivity contribution >= 4 is 27.5 Å². The van der Waals surface area contributed by atoms with Crippen molar-refractivity contribution in [3.63, 3.8) is 0 Å². The lowest BCUT2D eigenvalue weighted by atomic mass is 10.3. The Morgan fingerprint density at radius 1 is 1.45 bits per heavy atom. The molecule has 0 aromatic carbocycles. The van der Waals surface area contributed by atoms with Crippen molar-refractivity contribution in [1.29, 1.82) is 0 Å². The summed E-state index contributed by atoms with van der Waals surface area (Å²) in [5.74, 6) is 0.112. The largest absolute Gasteiger partial charge is 0.378 e. The summed E-state index contributed by atoms with van der Waals surface area (Å²) in [6, 6.07) is 4.08. The van der Waals surface area contributed by atoms with Crippen molar-refractivity contribution in [2.45, 2.75) is 13.5 Å². The molecular formula is C15H18N2O2S. The summed E-state index contributed by atoms with van der Waals surface area (Å²) in [6.45, 7) is 5.37. The molecule has 0 bridgehead atoms. The van der Waals surface area contributed by atoms with Gasteiger partial charge in [0.25, 0.3) is 5.91 Å². The molecule has 2 aromatic rings. The van der Waals surface area contributed by atoms with E-state index in [1.54, 1.807) is 11.3 Å². The minimum Gasteiger partial charge on any atom is -0.378 e. The third-order valence-electron chi connectivity index (χ3n) is 3.54. The molecule has 0 radical (unpaired) electrons. The fourth-order valence-electron chi connectivity index (χ4n) is 2.47. The average molecular weight is 290 g/mol. The van der Waals surface area contributed by atoms with E-state index in [1.165, 1.54) is 4.83 Å². The van der Waals surface area contributed by atoms with Crippen LogP contribution in [0.4, 0.5) is 0 Å². The number of fused-ring (bicyclic) bond motifs is 1. The molecule has 20 heavy (non-hydrogen) atoms. The van der Waals surface area contributed by atoms with Gasteiger partial charge < -0.3 is 14.2 Å². The zero-order valence-electron chi connectivity index (χ0n) is 11.5. The van der Waals surface area contributed by atoms with E-state index < -0.39 is 0 Å². The van der Waals surface area contributed by atoms with Crippen molar-refractivity contribution < 1.29 is 9.53 Å². The van der Waals surface area contributed by atoms with Crippen molar-refractivity contribution in [2.24, 2.45) is 0 Å². The Bertz CT molecular complexity index is 635. The number of carbonyl (C=O) groups is 1. The van der Waals surface area contributed by atoms with Gasteiger partial charge in [-0.05, 0) is 24.4 Å². The first kappa shape index (κ1) is 13.4. The van der Waals surface area contributed by atoms with E-state index >= 15 is 0 Å². The van der Waals surface area contributed by atoms with Gasteiger partial charge in [-0.1, -0.05) is 12.2 Å². The molecule has 3 rings (SSSR count). The Balaban J connectivity index is 1.96. The van der Waals surface area contributed by atoms with Crippen LogP contribution in [0.2, 0.25) is 0 Å². The number of aromatic nitrogens is 1. The maximum Gasteiger partial charge on any atom is 0.270 e. The summed E-state index contributed by atoms with van der Waals surface area (Å²) in [5, 5.41) is 3.22. The Hall–Kier alpha value is -1.59. The zero-order valence-corrected chi connectivity index (χ0v) is 12.4. The van der Waals surface area contributed by atoms with Crippen molar-refractivity contribution in [2.75, 3.05) is 26.3 Å². The molecule has 0 aliphatic carbocycles. The molecule has 5 heteroatoms. The van der Waals surface area contributed by atoms with E-state index in [0.717, 1.165) is 17.6 Å². The van der Waals surface area contributed by atoms with Gasteiger partial charge in [0.2, 0.25) is 0 Å². The smallest absolute Gasteiger partial charge is 0.270 e. The van der Waals surface area contributed by atoms with Crippen LogP contribution in [-0.2, 0) is 11.3 Å². The summed E-state index contributed by atoms with van der Waals surface area (Å²) < 4.78 is 7.42. The van der Waals surface area contributed by atoms with E-state index in [0.29, 0.717) is 26.3 Å². The van der Waals surface area contributed by atoms with Crippen LogP contribution in [-0.4, -0.2) is 41.7 Å². The van der Waals surface area contributed by atoms with Gasteiger partial charge in [0.05, 0.1) is 13.2 Å². The second-order valence-corrected chi connectivity index (χ2v) is 5.69. The van der Waals surface area contributed by atoms with Crippen LogP contribution in [0.3, 0.4) is 0 Å². The van der Waals surface area contributed by atoms with E-state index in [2.05, 4.69) is 22.1 Å². The van der Waals surface area contributed by atoms with Gasteiger partial charge in [0, 0.05) is 25.0 Å². The molecule has 0 atom stereocenters. The second-order valence-electron chi connectivity index (χ2n) is 4.79. The highest BCUT2D eigenvalue weighted by Gasteiger charge is 2.23. The minimum absolute atomic E-state index is 0.112. The predicted molar refractivity (Wildman–Crippen MR) is 81.4 cm³/mol. The van der Waals surface area contributed by atoms with Crippen LogP contribution >= 0.6 is 11.3 Å². The van der Waals surface area contributed by atoms with Crippen LogP contribution in [0.15, 0.2) is 29.7 Å². The number of allylic oxidation sites excluding steroid dienone is 2. The molecule has 1 fully saturated rings. The van der Waals surface area contributed by atoms with Crippen molar-refractivity contribution in [3.8, 4) is 0 Å². The zero-order chi connectivity index (χ0) is 13.9. The Labute approximate surface area is 122 Å². The SMILES string of the molecule is C/C=C\Cn1c(C(=O)N2CCOCC2)cc2ccsc21. The molecule has 2 aromatic heterocycles. The monoisotopic (exact) mass is 290 g/mol. The fraction of sp³-hybridized carbons (Fsp3) is 0.400. The fourth-order valence-corrected chi connectivity index (χ4v) is 3.38. The number of ether oxygens (including phenoxy) is 1. The Morgan fingerprint density at radius 2 is 2.25 bits per heavy atom. The summed E-state index contributed by atoms with van der Waals surface area (Å²) >= 11 is 1.68. The van der Waals surface area contributed by atoms with Gasteiger partial charge in [0.1, 0.15) is 10.5 Å². The van der Waals surface area contributed by atoms with E-state index in [1.807, 2.05) is 24.0 Å². The summed E-state index contributed by atoms with van der Waals surface area (Å²) in [6.07, 6.45) is 4.09. The van der Waals surface area contributed by atoms with E-state index in [4.69, 9.17) is 4.74 Å². The summed E-state index contributed by atoms with van der Waals surface area (Å²) in [4.78, 5) is 15.7. The Kier molecular flexibility index (Phi) is 3.89. The normalized spacial score (nSPS) is 16.4. The first-order valence-corrected chi connectivity index (χ1v) is 7.74. The van der Waals surface area contributed by atoms with E-state index in [9.17, 15) is 4.79 Å². The minimum atomic E-state index is 0.112. The molecule has 1 aliphatic rings. The van der Waals surface area contributed by atoms with Gasteiger partial charge >= 0.3 is 0 Å². The van der Waals surface area contributed by atoms with Gasteiger partial charge in [-0.3, -0.25) is 4.79 Å². The first-order chi connectivity index (χ1) is 9.81. The molecule has 1 amide bonds. The molecule has 1 aliphatic heterocycles. The van der Waals surface area contributed by atoms with Crippen LogP contribution in [0.5, 0.6) is 0 Å². The Morgan fingerprint density at radius 3 is 3.00 bits per heavy atom. The maximum absolute atomic E-state index is 12.7. The number of nitrogens with zero attached hydrogens (tertiary/aromatic N) is 2.